The summed E-state index contributed by atoms with van der Waals surface area (Å²) in [5.41, 5.74) is 3.87. The molecule has 0 radical (unpaired) electrons. The van der Waals surface area contributed by atoms with E-state index in [-0.39, 0.29) is 5.92 Å². The molecule has 0 aromatic heterocycles. The van der Waals surface area contributed by atoms with Crippen molar-refractivity contribution in [3.05, 3.63) is 59.2 Å². The largest absolute Gasteiger partial charge is 0.497 e. The van der Waals surface area contributed by atoms with Gasteiger partial charge in [0.25, 0.3) is 0 Å². The maximum Gasteiger partial charge on any atom is 0.119 e. The lowest BCUT2D eigenvalue weighted by Crippen LogP contribution is -2.38. The van der Waals surface area contributed by atoms with E-state index in [1.807, 2.05) is 18.2 Å². The van der Waals surface area contributed by atoms with E-state index in [1.165, 1.54) is 17.5 Å². The molecule has 2 aliphatic carbocycles. The highest BCUT2D eigenvalue weighted by molar-refractivity contribution is 5.45. The van der Waals surface area contributed by atoms with Crippen LogP contribution in [0.5, 0.6) is 11.5 Å². The Morgan fingerprint density at radius 3 is 2.26 bits per heavy atom. The second-order valence-corrected chi connectivity index (χ2v) is 8.92. The fourth-order valence-corrected chi connectivity index (χ4v) is 5.36. The van der Waals surface area contributed by atoms with Crippen molar-refractivity contribution >= 4 is 0 Å². The molecule has 0 spiro atoms. The van der Waals surface area contributed by atoms with Crippen molar-refractivity contribution in [2.75, 3.05) is 14.2 Å². The molecule has 27 heavy (non-hydrogen) atoms. The van der Waals surface area contributed by atoms with Crippen LogP contribution in [0.4, 0.5) is 0 Å². The molecule has 4 rings (SSSR count). The van der Waals surface area contributed by atoms with Crippen LogP contribution in [-0.2, 0) is 0 Å². The van der Waals surface area contributed by atoms with E-state index in [0.717, 1.165) is 29.9 Å². The lowest BCUT2D eigenvalue weighted by atomic mass is 9.56. The Balaban J connectivity index is 1.81. The molecular formula is C24H30O3. The van der Waals surface area contributed by atoms with Crippen LogP contribution < -0.4 is 9.47 Å². The van der Waals surface area contributed by atoms with E-state index in [0.29, 0.717) is 17.3 Å². The second-order valence-electron chi connectivity index (χ2n) is 8.92. The zero-order chi connectivity index (χ0) is 19.2. The highest BCUT2D eigenvalue weighted by Crippen LogP contribution is 2.59. The molecule has 2 aliphatic rings. The average Bonchev–Trinajstić information content (AvgIpc) is 2.67. The van der Waals surface area contributed by atoms with Crippen LogP contribution in [0, 0.1) is 11.3 Å². The number of aliphatic hydroxyl groups excluding tert-OH is 1. The number of aliphatic hydroxyl groups is 1. The molecule has 3 nitrogen and oxygen atoms in total. The van der Waals surface area contributed by atoms with Crippen LogP contribution >= 0.6 is 0 Å². The third kappa shape index (κ3) is 3.23. The van der Waals surface area contributed by atoms with E-state index >= 15 is 0 Å². The minimum Gasteiger partial charge on any atom is -0.497 e. The zero-order valence-corrected chi connectivity index (χ0v) is 16.7. The summed E-state index contributed by atoms with van der Waals surface area (Å²) in [4.78, 5) is 0. The van der Waals surface area contributed by atoms with E-state index in [1.54, 1.807) is 14.2 Å². The van der Waals surface area contributed by atoms with Crippen molar-refractivity contribution in [2.24, 2.45) is 11.3 Å². The minimum atomic E-state index is -0.491. The summed E-state index contributed by atoms with van der Waals surface area (Å²) in [6.07, 6.45) is 3.02. The Morgan fingerprint density at radius 2 is 1.59 bits per heavy atom. The van der Waals surface area contributed by atoms with Crippen molar-refractivity contribution in [3.8, 4) is 11.5 Å². The molecule has 144 valence electrons. The highest BCUT2D eigenvalue weighted by atomic mass is 16.5. The summed E-state index contributed by atoms with van der Waals surface area (Å²) in [6, 6.07) is 14.5. The number of benzene rings is 2. The molecule has 0 aliphatic heterocycles. The smallest absolute Gasteiger partial charge is 0.119 e. The van der Waals surface area contributed by atoms with Gasteiger partial charge in [0.2, 0.25) is 0 Å². The Labute approximate surface area is 162 Å². The van der Waals surface area contributed by atoms with Crippen molar-refractivity contribution in [1.82, 2.24) is 0 Å². The van der Waals surface area contributed by atoms with Gasteiger partial charge < -0.3 is 14.6 Å². The Bertz CT molecular complexity index is 809. The summed E-state index contributed by atoms with van der Waals surface area (Å²) in [5.74, 6) is 2.75. The van der Waals surface area contributed by atoms with Crippen molar-refractivity contribution in [2.45, 2.75) is 51.0 Å². The van der Waals surface area contributed by atoms with Crippen molar-refractivity contribution in [3.63, 3.8) is 0 Å². The van der Waals surface area contributed by atoms with Crippen LogP contribution in [0.2, 0.25) is 0 Å². The number of rotatable bonds is 3. The van der Waals surface area contributed by atoms with Crippen LogP contribution in [0.15, 0.2) is 42.5 Å². The summed E-state index contributed by atoms with van der Waals surface area (Å²) < 4.78 is 10.8. The van der Waals surface area contributed by atoms with Gasteiger partial charge in [0.15, 0.2) is 0 Å². The van der Waals surface area contributed by atoms with E-state index in [9.17, 15) is 5.11 Å². The van der Waals surface area contributed by atoms with Gasteiger partial charge in [-0.3, -0.25) is 0 Å². The van der Waals surface area contributed by atoms with Gasteiger partial charge >= 0.3 is 0 Å². The van der Waals surface area contributed by atoms with Crippen molar-refractivity contribution in [1.29, 1.82) is 0 Å². The topological polar surface area (TPSA) is 38.7 Å². The minimum absolute atomic E-state index is 0.112. The van der Waals surface area contributed by atoms with Gasteiger partial charge in [-0.25, -0.2) is 0 Å². The first-order chi connectivity index (χ1) is 12.9. The number of ether oxygens (including phenoxy) is 2. The van der Waals surface area contributed by atoms with E-state index in [4.69, 9.17) is 9.47 Å². The molecule has 0 bridgehead atoms. The molecule has 2 aromatic rings. The molecule has 0 amide bonds. The molecule has 1 fully saturated rings. The van der Waals surface area contributed by atoms with Crippen molar-refractivity contribution < 1.29 is 14.6 Å². The Hall–Kier alpha value is -2.00. The maximum atomic E-state index is 11.4. The number of hydrogen-bond acceptors (Lipinski definition) is 3. The monoisotopic (exact) mass is 366 g/mol. The lowest BCUT2D eigenvalue weighted by Gasteiger charge is -2.50. The third-order valence-corrected chi connectivity index (χ3v) is 6.75. The normalized spacial score (nSPS) is 28.8. The molecule has 1 N–H and O–H groups in total. The van der Waals surface area contributed by atoms with Gasteiger partial charge in [0.05, 0.1) is 20.3 Å². The molecular weight excluding hydrogens is 336 g/mol. The second kappa shape index (κ2) is 6.87. The molecule has 2 aromatic carbocycles. The fraction of sp³-hybridized carbons (Fsp3) is 0.500. The van der Waals surface area contributed by atoms with Gasteiger partial charge in [0, 0.05) is 5.92 Å². The average molecular weight is 367 g/mol. The predicted molar refractivity (Wildman–Crippen MR) is 108 cm³/mol. The first-order valence-electron chi connectivity index (χ1n) is 9.93. The standard InChI is InChI=1S/C24H30O3/c1-24(2)12-11-18-20-13-17(27-4)9-10-19(20)23(25)22(21(18)14-24)15-5-7-16(26-3)8-6-15/h5-10,13,18,21-23,25H,11-12,14H2,1-4H3/t18-,21-,22?,23?/m0/s1. The van der Waals surface area contributed by atoms with Crippen LogP contribution in [0.3, 0.4) is 0 Å². The van der Waals surface area contributed by atoms with E-state index in [2.05, 4.69) is 38.1 Å². The van der Waals surface area contributed by atoms with Crippen LogP contribution in [-0.4, -0.2) is 19.3 Å². The molecule has 2 unspecified atom stereocenters. The molecule has 1 saturated carbocycles. The molecule has 0 heterocycles. The van der Waals surface area contributed by atoms with Gasteiger partial charge in [-0.15, -0.1) is 0 Å². The summed E-state index contributed by atoms with van der Waals surface area (Å²) in [7, 11) is 3.40. The van der Waals surface area contributed by atoms with Gasteiger partial charge in [0.1, 0.15) is 11.5 Å². The van der Waals surface area contributed by atoms with Crippen LogP contribution in [0.1, 0.15) is 67.7 Å². The summed E-state index contributed by atoms with van der Waals surface area (Å²) in [5, 5.41) is 11.4. The Morgan fingerprint density at radius 1 is 0.926 bits per heavy atom. The van der Waals surface area contributed by atoms with Gasteiger partial charge in [-0.05, 0) is 77.5 Å². The predicted octanol–water partition coefficient (Wildman–Crippen LogP) is 5.44. The molecule has 4 atom stereocenters. The summed E-state index contributed by atoms with van der Waals surface area (Å²) in [6.45, 7) is 4.73. The highest BCUT2D eigenvalue weighted by Gasteiger charge is 2.47. The molecule has 0 saturated heterocycles. The third-order valence-electron chi connectivity index (χ3n) is 6.75. The Kier molecular flexibility index (Phi) is 4.67. The number of fused-ring (bicyclic) bond motifs is 3. The van der Waals surface area contributed by atoms with Gasteiger partial charge in [-0.1, -0.05) is 32.0 Å². The SMILES string of the molecule is COc1ccc(C2C(O)c3ccc(OC)cc3[C@@H]3CCC(C)(C)C[C@H]23)cc1. The summed E-state index contributed by atoms with van der Waals surface area (Å²) >= 11 is 0. The van der Waals surface area contributed by atoms with Gasteiger partial charge in [-0.2, -0.15) is 0 Å². The fourth-order valence-electron chi connectivity index (χ4n) is 5.36. The zero-order valence-electron chi connectivity index (χ0n) is 16.7. The van der Waals surface area contributed by atoms with E-state index < -0.39 is 6.10 Å². The maximum absolute atomic E-state index is 11.4. The number of hydrogen-bond donors (Lipinski definition) is 1. The first-order valence-corrected chi connectivity index (χ1v) is 9.93. The lowest BCUT2D eigenvalue weighted by molar-refractivity contribution is 0.0434. The quantitative estimate of drug-likeness (QED) is 0.785. The van der Waals surface area contributed by atoms with Crippen LogP contribution in [0.25, 0.3) is 0 Å². The molecule has 3 heteroatoms. The first kappa shape index (κ1) is 18.4. The number of methoxy groups -OCH3 is 2.